The van der Waals surface area contributed by atoms with Gasteiger partial charge in [0.25, 0.3) is 0 Å². The Hall–Kier alpha value is -2.15. The molecule has 0 N–H and O–H groups in total. The lowest BCUT2D eigenvalue weighted by Gasteiger charge is -2.00. The second-order valence-corrected chi connectivity index (χ2v) is 4.52. The van der Waals surface area contributed by atoms with Crippen LogP contribution in [-0.2, 0) is 0 Å². The van der Waals surface area contributed by atoms with Crippen molar-refractivity contribution in [1.29, 1.82) is 0 Å². The summed E-state index contributed by atoms with van der Waals surface area (Å²) in [6, 6.07) is 10.3. The largest absolute Gasteiger partial charge is 0.257 e. The van der Waals surface area contributed by atoms with Gasteiger partial charge in [-0.1, -0.05) is 60.7 Å². The molecule has 0 radical (unpaired) electrons. The third kappa shape index (κ3) is 2.40. The zero-order chi connectivity index (χ0) is 12.2. The Balaban J connectivity index is 1.78. The molecule has 1 aromatic rings. The van der Waals surface area contributed by atoms with Gasteiger partial charge >= 0.3 is 0 Å². The number of aliphatic imine (C=N–C) groups is 1. The molecule has 0 fully saturated rings. The summed E-state index contributed by atoms with van der Waals surface area (Å²) in [5.74, 6) is 0.454. The highest BCUT2D eigenvalue weighted by Crippen LogP contribution is 2.28. The fraction of sp³-hybridized carbons (Fsp3) is 0.118. The number of rotatable bonds is 2. The van der Waals surface area contributed by atoms with Gasteiger partial charge in [0, 0.05) is 23.7 Å². The van der Waals surface area contributed by atoms with Crippen molar-refractivity contribution in [2.24, 2.45) is 10.9 Å². The molecule has 1 aliphatic carbocycles. The summed E-state index contributed by atoms with van der Waals surface area (Å²) in [6.07, 6.45) is 15.8. The number of benzene rings is 1. The number of nitrogens with zero attached hydrogens (tertiary/aromatic N) is 1. The number of fused-ring (bicyclic) bond motifs is 1. The van der Waals surface area contributed by atoms with Crippen molar-refractivity contribution in [3.8, 4) is 0 Å². The van der Waals surface area contributed by atoms with E-state index in [9.17, 15) is 0 Å². The lowest BCUT2D eigenvalue weighted by Crippen LogP contribution is -1.95. The molecule has 1 aliphatic heterocycles. The monoisotopic (exact) mass is 233 g/mol. The standard InChI is InChI=1S/C17H15N/c1-3-7-14(8-4-1)11-12-16-13-15-9-5-2-6-10-17(15)18-16/h1-12,15H,13H2/b12-11+. The maximum atomic E-state index is 4.67. The minimum atomic E-state index is 0.454. The Morgan fingerprint density at radius 2 is 1.89 bits per heavy atom. The Bertz CT molecular complexity index is 571. The third-order valence-corrected chi connectivity index (χ3v) is 3.18. The summed E-state index contributed by atoms with van der Waals surface area (Å²) in [4.78, 5) is 4.67. The normalized spacial score (nSPS) is 21.7. The van der Waals surface area contributed by atoms with Crippen LogP contribution in [0.1, 0.15) is 12.0 Å². The van der Waals surface area contributed by atoms with Gasteiger partial charge in [0.15, 0.2) is 0 Å². The fourth-order valence-corrected chi connectivity index (χ4v) is 2.23. The van der Waals surface area contributed by atoms with Crippen LogP contribution >= 0.6 is 0 Å². The SMILES string of the molecule is C1=CC=C2N=C(/C=C/c3ccccc3)CC2C=C1. The van der Waals surface area contributed by atoms with Crippen LogP contribution in [-0.4, -0.2) is 5.71 Å². The van der Waals surface area contributed by atoms with Crippen molar-refractivity contribution >= 4 is 11.8 Å². The number of hydrogen-bond acceptors (Lipinski definition) is 1. The molecule has 0 amide bonds. The van der Waals surface area contributed by atoms with Crippen LogP contribution in [0.25, 0.3) is 6.08 Å². The second-order valence-electron chi connectivity index (χ2n) is 4.52. The molecule has 1 heterocycles. The summed E-state index contributed by atoms with van der Waals surface area (Å²) >= 11 is 0. The van der Waals surface area contributed by atoms with E-state index in [2.05, 4.69) is 71.8 Å². The van der Waals surface area contributed by atoms with Gasteiger partial charge in [-0.15, -0.1) is 0 Å². The summed E-state index contributed by atoms with van der Waals surface area (Å²) in [6.45, 7) is 0. The number of hydrogen-bond donors (Lipinski definition) is 0. The molecule has 0 spiro atoms. The van der Waals surface area contributed by atoms with Crippen LogP contribution in [0.3, 0.4) is 0 Å². The van der Waals surface area contributed by atoms with Crippen LogP contribution in [0.5, 0.6) is 0 Å². The average Bonchev–Trinajstić information content (AvgIpc) is 2.68. The molecule has 1 aromatic carbocycles. The molecule has 18 heavy (non-hydrogen) atoms. The highest BCUT2D eigenvalue weighted by atomic mass is 14.8. The Morgan fingerprint density at radius 1 is 1.00 bits per heavy atom. The summed E-state index contributed by atoms with van der Waals surface area (Å²) < 4.78 is 0. The van der Waals surface area contributed by atoms with Crippen molar-refractivity contribution < 1.29 is 0 Å². The maximum Gasteiger partial charge on any atom is 0.0479 e. The van der Waals surface area contributed by atoms with Crippen molar-refractivity contribution in [2.75, 3.05) is 0 Å². The van der Waals surface area contributed by atoms with E-state index in [0.717, 1.165) is 12.1 Å². The first-order valence-electron chi connectivity index (χ1n) is 6.27. The zero-order valence-electron chi connectivity index (χ0n) is 10.2. The van der Waals surface area contributed by atoms with Gasteiger partial charge in [0.1, 0.15) is 0 Å². The quantitative estimate of drug-likeness (QED) is 0.727. The molecular formula is C17H15N. The van der Waals surface area contributed by atoms with Gasteiger partial charge in [-0.2, -0.15) is 0 Å². The number of allylic oxidation sites excluding steroid dienone is 6. The van der Waals surface area contributed by atoms with Crippen molar-refractivity contribution in [1.82, 2.24) is 0 Å². The van der Waals surface area contributed by atoms with Crippen molar-refractivity contribution in [3.63, 3.8) is 0 Å². The summed E-state index contributed by atoms with van der Waals surface area (Å²) in [7, 11) is 0. The van der Waals surface area contributed by atoms with E-state index in [0.29, 0.717) is 5.92 Å². The highest BCUT2D eigenvalue weighted by molar-refractivity contribution is 6.01. The van der Waals surface area contributed by atoms with Gasteiger partial charge < -0.3 is 0 Å². The van der Waals surface area contributed by atoms with E-state index in [1.165, 1.54) is 11.3 Å². The molecule has 0 aromatic heterocycles. The van der Waals surface area contributed by atoms with E-state index in [1.807, 2.05) is 6.07 Å². The predicted molar refractivity (Wildman–Crippen MR) is 77.4 cm³/mol. The van der Waals surface area contributed by atoms with E-state index in [1.54, 1.807) is 0 Å². The van der Waals surface area contributed by atoms with Crippen LogP contribution in [0.4, 0.5) is 0 Å². The lowest BCUT2D eigenvalue weighted by atomic mass is 10.0. The summed E-state index contributed by atoms with van der Waals surface area (Å²) in [5, 5.41) is 0. The second kappa shape index (κ2) is 5.01. The van der Waals surface area contributed by atoms with Gasteiger partial charge in [0.05, 0.1) is 0 Å². The van der Waals surface area contributed by atoms with E-state index >= 15 is 0 Å². The van der Waals surface area contributed by atoms with Crippen LogP contribution < -0.4 is 0 Å². The molecule has 88 valence electrons. The van der Waals surface area contributed by atoms with E-state index in [4.69, 9.17) is 0 Å². The molecule has 1 atom stereocenters. The Labute approximate surface area is 108 Å². The molecule has 2 aliphatic rings. The fourth-order valence-electron chi connectivity index (χ4n) is 2.23. The minimum Gasteiger partial charge on any atom is -0.257 e. The topological polar surface area (TPSA) is 12.4 Å². The van der Waals surface area contributed by atoms with E-state index < -0.39 is 0 Å². The highest BCUT2D eigenvalue weighted by Gasteiger charge is 2.19. The minimum absolute atomic E-state index is 0.454. The first-order chi connectivity index (χ1) is 8.92. The molecule has 1 nitrogen and oxygen atoms in total. The predicted octanol–water partition coefficient (Wildman–Crippen LogP) is 4.17. The third-order valence-electron chi connectivity index (χ3n) is 3.18. The zero-order valence-corrected chi connectivity index (χ0v) is 10.2. The van der Waals surface area contributed by atoms with E-state index in [-0.39, 0.29) is 0 Å². The van der Waals surface area contributed by atoms with Crippen LogP contribution in [0, 0.1) is 5.92 Å². The molecule has 1 unspecified atom stereocenters. The van der Waals surface area contributed by atoms with Crippen molar-refractivity contribution in [2.45, 2.75) is 6.42 Å². The average molecular weight is 233 g/mol. The molecular weight excluding hydrogens is 218 g/mol. The molecule has 0 bridgehead atoms. The molecule has 0 saturated heterocycles. The van der Waals surface area contributed by atoms with Crippen LogP contribution in [0.2, 0.25) is 0 Å². The van der Waals surface area contributed by atoms with Gasteiger partial charge in [-0.3, -0.25) is 4.99 Å². The maximum absolute atomic E-state index is 4.67. The summed E-state index contributed by atoms with van der Waals surface area (Å²) in [5.41, 5.74) is 3.56. The van der Waals surface area contributed by atoms with Gasteiger partial charge in [-0.05, 0) is 17.7 Å². The first kappa shape index (κ1) is 11.0. The first-order valence-corrected chi connectivity index (χ1v) is 6.27. The molecule has 3 rings (SSSR count). The van der Waals surface area contributed by atoms with Gasteiger partial charge in [-0.25, -0.2) is 0 Å². The molecule has 0 saturated carbocycles. The molecule has 1 heteroatoms. The van der Waals surface area contributed by atoms with Gasteiger partial charge in [0.2, 0.25) is 0 Å². The van der Waals surface area contributed by atoms with Crippen molar-refractivity contribution in [3.05, 3.63) is 78.0 Å². The Morgan fingerprint density at radius 3 is 2.78 bits per heavy atom. The van der Waals surface area contributed by atoms with Crippen LogP contribution in [0.15, 0.2) is 77.5 Å². The lowest BCUT2D eigenvalue weighted by molar-refractivity contribution is 0.838. The smallest absolute Gasteiger partial charge is 0.0479 e. The Kier molecular flexibility index (Phi) is 3.05.